The minimum atomic E-state index is -0.186. The first-order valence-electron chi connectivity index (χ1n) is 5.45. The predicted molar refractivity (Wildman–Crippen MR) is 59.9 cm³/mol. The van der Waals surface area contributed by atoms with Crippen LogP contribution in [0.25, 0.3) is 0 Å². The average Bonchev–Trinajstić information content (AvgIpc) is 2.57. The molecule has 0 amide bonds. The van der Waals surface area contributed by atoms with Gasteiger partial charge in [0, 0.05) is 23.8 Å². The van der Waals surface area contributed by atoms with E-state index in [0.29, 0.717) is 18.3 Å². The molecule has 1 aromatic carbocycles. The first kappa shape index (κ1) is 10.4. The number of benzene rings is 1. The monoisotopic (exact) mass is 208 g/mol. The highest BCUT2D eigenvalue weighted by Crippen LogP contribution is 2.21. The Balaban J connectivity index is 2.10. The molecule has 2 rings (SSSR count). The molecular formula is C12H17FN2. The van der Waals surface area contributed by atoms with E-state index in [4.69, 9.17) is 5.73 Å². The number of rotatable bonds is 2. The summed E-state index contributed by atoms with van der Waals surface area (Å²) in [5, 5.41) is 0. The summed E-state index contributed by atoms with van der Waals surface area (Å²) >= 11 is 0. The lowest BCUT2D eigenvalue weighted by atomic mass is 10.1. The van der Waals surface area contributed by atoms with Crippen LogP contribution in [0.5, 0.6) is 0 Å². The normalized spacial score (nSPS) is 22.1. The van der Waals surface area contributed by atoms with E-state index in [0.717, 1.165) is 12.1 Å². The highest BCUT2D eigenvalue weighted by atomic mass is 19.1. The maximum Gasteiger partial charge on any atom is 0.129 e. The van der Waals surface area contributed by atoms with Crippen molar-refractivity contribution in [2.24, 2.45) is 0 Å². The van der Waals surface area contributed by atoms with Gasteiger partial charge in [-0.3, -0.25) is 4.90 Å². The lowest BCUT2D eigenvalue weighted by Gasteiger charge is -2.21. The third-order valence-corrected chi connectivity index (χ3v) is 3.14. The largest absolute Gasteiger partial charge is 0.399 e. The van der Waals surface area contributed by atoms with Gasteiger partial charge in [0.15, 0.2) is 0 Å². The number of halogens is 1. The molecule has 3 heteroatoms. The zero-order valence-electron chi connectivity index (χ0n) is 9.04. The van der Waals surface area contributed by atoms with Crippen LogP contribution in [0.3, 0.4) is 0 Å². The van der Waals surface area contributed by atoms with Gasteiger partial charge in [0.2, 0.25) is 0 Å². The fourth-order valence-electron chi connectivity index (χ4n) is 2.14. The van der Waals surface area contributed by atoms with Crippen LogP contribution in [-0.2, 0) is 6.54 Å². The van der Waals surface area contributed by atoms with E-state index in [1.807, 2.05) is 0 Å². The number of nitrogens with zero attached hydrogens (tertiary/aromatic N) is 1. The summed E-state index contributed by atoms with van der Waals surface area (Å²) in [6.07, 6.45) is 2.44. The summed E-state index contributed by atoms with van der Waals surface area (Å²) in [6.45, 7) is 3.97. The maximum atomic E-state index is 13.5. The molecule has 0 radical (unpaired) electrons. The Labute approximate surface area is 89.9 Å². The second kappa shape index (κ2) is 4.19. The van der Waals surface area contributed by atoms with E-state index >= 15 is 0 Å². The lowest BCUT2D eigenvalue weighted by Crippen LogP contribution is -2.26. The topological polar surface area (TPSA) is 29.3 Å². The van der Waals surface area contributed by atoms with E-state index in [9.17, 15) is 4.39 Å². The molecule has 1 aliphatic heterocycles. The van der Waals surface area contributed by atoms with Gasteiger partial charge >= 0.3 is 0 Å². The van der Waals surface area contributed by atoms with Crippen LogP contribution in [-0.4, -0.2) is 17.5 Å². The van der Waals surface area contributed by atoms with Gasteiger partial charge in [0.05, 0.1) is 0 Å². The Morgan fingerprint density at radius 2 is 2.33 bits per heavy atom. The van der Waals surface area contributed by atoms with Gasteiger partial charge in [-0.1, -0.05) is 6.07 Å². The Bertz CT molecular complexity index is 351. The minimum absolute atomic E-state index is 0.186. The third kappa shape index (κ3) is 2.29. The number of hydrogen-bond acceptors (Lipinski definition) is 2. The molecule has 82 valence electrons. The molecule has 0 aromatic heterocycles. The summed E-state index contributed by atoms with van der Waals surface area (Å²) in [4.78, 5) is 2.31. The van der Waals surface area contributed by atoms with Crippen molar-refractivity contribution < 1.29 is 4.39 Å². The van der Waals surface area contributed by atoms with Crippen molar-refractivity contribution in [2.75, 3.05) is 12.3 Å². The number of hydrogen-bond donors (Lipinski definition) is 1. The molecule has 2 nitrogen and oxygen atoms in total. The Morgan fingerprint density at radius 1 is 1.53 bits per heavy atom. The van der Waals surface area contributed by atoms with Crippen molar-refractivity contribution in [3.8, 4) is 0 Å². The Morgan fingerprint density at radius 3 is 2.93 bits per heavy atom. The summed E-state index contributed by atoms with van der Waals surface area (Å²) in [5.41, 5.74) is 6.75. The number of nitrogens with two attached hydrogens (primary N) is 1. The van der Waals surface area contributed by atoms with Gasteiger partial charge in [0.1, 0.15) is 5.82 Å². The first-order valence-corrected chi connectivity index (χ1v) is 5.45. The van der Waals surface area contributed by atoms with Crippen molar-refractivity contribution >= 4 is 5.69 Å². The summed E-state index contributed by atoms with van der Waals surface area (Å²) < 4.78 is 13.5. The highest BCUT2D eigenvalue weighted by Gasteiger charge is 2.20. The Hall–Kier alpha value is -1.09. The molecule has 1 atom stereocenters. The molecule has 1 saturated heterocycles. The SMILES string of the molecule is CC1CCCN1Cc1ccc(N)cc1F. The second-order valence-electron chi connectivity index (χ2n) is 4.31. The van der Waals surface area contributed by atoms with Gasteiger partial charge in [-0.25, -0.2) is 4.39 Å². The summed E-state index contributed by atoms with van der Waals surface area (Å²) in [5.74, 6) is -0.186. The van der Waals surface area contributed by atoms with Crippen LogP contribution in [0.2, 0.25) is 0 Å². The predicted octanol–water partition coefficient (Wildman–Crippen LogP) is 2.39. The van der Waals surface area contributed by atoms with Gasteiger partial charge < -0.3 is 5.73 Å². The van der Waals surface area contributed by atoms with Gasteiger partial charge in [-0.05, 0) is 38.4 Å². The highest BCUT2D eigenvalue weighted by molar-refractivity contribution is 5.40. The van der Waals surface area contributed by atoms with Gasteiger partial charge in [-0.2, -0.15) is 0 Å². The zero-order valence-corrected chi connectivity index (χ0v) is 9.04. The van der Waals surface area contributed by atoms with Crippen LogP contribution in [0.15, 0.2) is 18.2 Å². The molecule has 1 aliphatic rings. The molecule has 15 heavy (non-hydrogen) atoms. The summed E-state index contributed by atoms with van der Waals surface area (Å²) in [6, 6.07) is 5.52. The zero-order chi connectivity index (χ0) is 10.8. The lowest BCUT2D eigenvalue weighted by molar-refractivity contribution is 0.257. The number of anilines is 1. The quantitative estimate of drug-likeness (QED) is 0.756. The summed E-state index contributed by atoms with van der Waals surface area (Å²) in [7, 11) is 0. The molecule has 0 spiro atoms. The fourth-order valence-corrected chi connectivity index (χ4v) is 2.14. The van der Waals surface area contributed by atoms with Crippen molar-refractivity contribution in [1.29, 1.82) is 0 Å². The second-order valence-corrected chi connectivity index (χ2v) is 4.31. The smallest absolute Gasteiger partial charge is 0.129 e. The third-order valence-electron chi connectivity index (χ3n) is 3.14. The van der Waals surface area contributed by atoms with E-state index in [1.165, 1.54) is 18.9 Å². The molecule has 1 heterocycles. The minimum Gasteiger partial charge on any atom is -0.399 e. The first-order chi connectivity index (χ1) is 7.16. The van der Waals surface area contributed by atoms with Gasteiger partial charge in [0.25, 0.3) is 0 Å². The van der Waals surface area contributed by atoms with Crippen LogP contribution >= 0.6 is 0 Å². The maximum absolute atomic E-state index is 13.5. The van der Waals surface area contributed by atoms with Crippen LogP contribution in [0, 0.1) is 5.82 Å². The standard InChI is InChI=1S/C12H17FN2/c1-9-3-2-6-15(9)8-10-4-5-11(14)7-12(10)13/h4-5,7,9H,2-3,6,8,14H2,1H3. The molecular weight excluding hydrogens is 191 g/mol. The average molecular weight is 208 g/mol. The molecule has 1 unspecified atom stereocenters. The molecule has 0 saturated carbocycles. The van der Waals surface area contributed by atoms with E-state index in [2.05, 4.69) is 11.8 Å². The van der Waals surface area contributed by atoms with Crippen LogP contribution in [0.1, 0.15) is 25.3 Å². The fraction of sp³-hybridized carbons (Fsp3) is 0.500. The number of nitrogen functional groups attached to an aromatic ring is 1. The van der Waals surface area contributed by atoms with Crippen LogP contribution < -0.4 is 5.73 Å². The van der Waals surface area contributed by atoms with Crippen molar-refractivity contribution in [3.05, 3.63) is 29.6 Å². The molecule has 0 bridgehead atoms. The van der Waals surface area contributed by atoms with Gasteiger partial charge in [-0.15, -0.1) is 0 Å². The van der Waals surface area contributed by atoms with Crippen molar-refractivity contribution in [2.45, 2.75) is 32.4 Å². The van der Waals surface area contributed by atoms with E-state index < -0.39 is 0 Å². The molecule has 1 fully saturated rings. The molecule has 2 N–H and O–H groups in total. The van der Waals surface area contributed by atoms with E-state index in [-0.39, 0.29) is 5.82 Å². The Kier molecular flexibility index (Phi) is 2.91. The molecule has 0 aliphatic carbocycles. The number of likely N-dealkylation sites (tertiary alicyclic amines) is 1. The molecule has 1 aromatic rings. The van der Waals surface area contributed by atoms with Crippen molar-refractivity contribution in [3.63, 3.8) is 0 Å². The van der Waals surface area contributed by atoms with E-state index in [1.54, 1.807) is 12.1 Å². The van der Waals surface area contributed by atoms with Crippen molar-refractivity contribution in [1.82, 2.24) is 4.90 Å². The van der Waals surface area contributed by atoms with Crippen LogP contribution in [0.4, 0.5) is 10.1 Å².